The molecule has 1 aromatic heterocycles. The van der Waals surface area contributed by atoms with Gasteiger partial charge in [0, 0.05) is 43.9 Å². The quantitative estimate of drug-likeness (QED) is 0.162. The lowest BCUT2D eigenvalue weighted by atomic mass is 9.82. The molecule has 10 aromatic carbocycles. The molecule has 0 spiro atoms. The zero-order valence-electron chi connectivity index (χ0n) is 37.7. The Kier molecular flexibility index (Phi) is 8.33. The number of anilines is 3. The molecule has 0 bridgehead atoms. The standard InChI is InChI=1S/C64H48N2/c1-63(2)53-27-11-7-24-51(53)61-46(26-16-29-55(61)63)41-34-36-43(37-35-41)65(60-33-17-30-56-62(60)52-25-8-12-28-54(52)64(56,3)4)44-19-15-18-42(40-44)45-38-39-59(48-21-6-5-20-47(45)48)66-57-31-13-9-22-49(57)50-23-10-14-32-58(50)66/h5-40H,1-4H3. The minimum atomic E-state index is -0.131. The van der Waals surface area contributed by atoms with Crippen molar-refractivity contribution in [3.63, 3.8) is 0 Å². The highest BCUT2D eigenvalue weighted by molar-refractivity contribution is 6.12. The van der Waals surface area contributed by atoms with Gasteiger partial charge in [0.15, 0.2) is 0 Å². The zero-order chi connectivity index (χ0) is 44.3. The van der Waals surface area contributed by atoms with E-state index in [0.29, 0.717) is 0 Å². The third-order valence-electron chi connectivity index (χ3n) is 15.0. The van der Waals surface area contributed by atoms with Gasteiger partial charge in [0.2, 0.25) is 0 Å². The van der Waals surface area contributed by atoms with E-state index in [4.69, 9.17) is 0 Å². The van der Waals surface area contributed by atoms with Crippen LogP contribution in [-0.4, -0.2) is 4.57 Å². The Hall–Kier alpha value is -7.94. The zero-order valence-corrected chi connectivity index (χ0v) is 37.7. The van der Waals surface area contributed by atoms with E-state index in [2.05, 4.69) is 256 Å². The van der Waals surface area contributed by atoms with Crippen LogP contribution >= 0.6 is 0 Å². The van der Waals surface area contributed by atoms with Gasteiger partial charge in [-0.3, -0.25) is 0 Å². The summed E-state index contributed by atoms with van der Waals surface area (Å²) in [5.74, 6) is 0. The summed E-state index contributed by atoms with van der Waals surface area (Å²) in [5, 5.41) is 4.98. The molecule has 2 heteroatoms. The molecule has 314 valence electrons. The first-order valence-electron chi connectivity index (χ1n) is 23.3. The van der Waals surface area contributed by atoms with Crippen molar-refractivity contribution >= 4 is 49.6 Å². The van der Waals surface area contributed by atoms with E-state index in [1.54, 1.807) is 0 Å². The van der Waals surface area contributed by atoms with Gasteiger partial charge in [0.25, 0.3) is 0 Å². The van der Waals surface area contributed by atoms with Crippen LogP contribution in [0.4, 0.5) is 17.1 Å². The molecule has 0 radical (unpaired) electrons. The van der Waals surface area contributed by atoms with Crippen molar-refractivity contribution in [3.05, 3.63) is 241 Å². The van der Waals surface area contributed by atoms with E-state index in [0.717, 1.165) is 11.4 Å². The molecule has 13 rings (SSSR count). The molecule has 0 amide bonds. The van der Waals surface area contributed by atoms with Crippen LogP contribution in [0, 0.1) is 0 Å². The Labute approximate surface area is 386 Å². The fourth-order valence-electron chi connectivity index (χ4n) is 11.9. The highest BCUT2D eigenvalue weighted by atomic mass is 15.1. The van der Waals surface area contributed by atoms with Crippen molar-refractivity contribution in [1.82, 2.24) is 4.57 Å². The van der Waals surface area contributed by atoms with Gasteiger partial charge in [0.1, 0.15) is 0 Å². The van der Waals surface area contributed by atoms with Crippen LogP contribution in [0.1, 0.15) is 49.9 Å². The third-order valence-corrected chi connectivity index (χ3v) is 15.0. The largest absolute Gasteiger partial charge is 0.310 e. The number of hydrogen-bond acceptors (Lipinski definition) is 1. The minimum Gasteiger partial charge on any atom is -0.310 e. The highest BCUT2D eigenvalue weighted by Gasteiger charge is 2.39. The lowest BCUT2D eigenvalue weighted by Crippen LogP contribution is -2.16. The Morgan fingerprint density at radius 2 is 0.848 bits per heavy atom. The van der Waals surface area contributed by atoms with E-state index in [1.165, 1.54) is 111 Å². The second-order valence-corrected chi connectivity index (χ2v) is 19.2. The number of rotatable bonds is 6. The van der Waals surface area contributed by atoms with Gasteiger partial charge in [-0.15, -0.1) is 0 Å². The molecule has 0 N–H and O–H groups in total. The van der Waals surface area contributed by atoms with Gasteiger partial charge < -0.3 is 9.47 Å². The Bertz CT molecular complexity index is 3710. The number of benzene rings is 10. The molecule has 66 heavy (non-hydrogen) atoms. The summed E-state index contributed by atoms with van der Waals surface area (Å²) in [4.78, 5) is 2.49. The van der Waals surface area contributed by atoms with Gasteiger partial charge in [-0.1, -0.05) is 198 Å². The predicted octanol–water partition coefficient (Wildman–Crippen LogP) is 17.4. The van der Waals surface area contributed by atoms with Crippen molar-refractivity contribution in [2.45, 2.75) is 38.5 Å². The van der Waals surface area contributed by atoms with Crippen molar-refractivity contribution in [1.29, 1.82) is 0 Å². The minimum absolute atomic E-state index is 0.0574. The molecule has 1 heterocycles. The lowest BCUT2D eigenvalue weighted by Gasteiger charge is -2.29. The van der Waals surface area contributed by atoms with Crippen molar-refractivity contribution in [2.24, 2.45) is 0 Å². The monoisotopic (exact) mass is 844 g/mol. The Morgan fingerprint density at radius 1 is 0.333 bits per heavy atom. The molecular weight excluding hydrogens is 797 g/mol. The molecule has 2 aliphatic rings. The summed E-state index contributed by atoms with van der Waals surface area (Å²) in [7, 11) is 0. The number of aromatic nitrogens is 1. The lowest BCUT2D eigenvalue weighted by molar-refractivity contribution is 0.660. The van der Waals surface area contributed by atoms with Gasteiger partial charge in [0.05, 0.1) is 22.4 Å². The smallest absolute Gasteiger partial charge is 0.0543 e. The van der Waals surface area contributed by atoms with Crippen molar-refractivity contribution < 1.29 is 0 Å². The summed E-state index contributed by atoms with van der Waals surface area (Å²) in [6.45, 7) is 9.45. The van der Waals surface area contributed by atoms with Crippen molar-refractivity contribution in [3.8, 4) is 50.2 Å². The number of nitrogens with zero attached hydrogens (tertiary/aromatic N) is 2. The van der Waals surface area contributed by atoms with E-state index in [-0.39, 0.29) is 10.8 Å². The molecule has 0 unspecified atom stereocenters. The van der Waals surface area contributed by atoms with Crippen LogP contribution in [-0.2, 0) is 10.8 Å². The Balaban J connectivity index is 0.986. The van der Waals surface area contributed by atoms with Crippen LogP contribution < -0.4 is 4.90 Å². The second kappa shape index (κ2) is 14.3. The summed E-state index contributed by atoms with van der Waals surface area (Å²) < 4.78 is 2.44. The second-order valence-electron chi connectivity index (χ2n) is 19.2. The van der Waals surface area contributed by atoms with Crippen LogP contribution in [0.2, 0.25) is 0 Å². The molecule has 11 aromatic rings. The first-order valence-corrected chi connectivity index (χ1v) is 23.3. The molecular formula is C64H48N2. The molecule has 2 aliphatic carbocycles. The summed E-state index contributed by atoms with van der Waals surface area (Å²) in [6, 6.07) is 81.3. The van der Waals surface area contributed by atoms with Crippen molar-refractivity contribution in [2.75, 3.05) is 4.90 Å². The number of hydrogen-bond donors (Lipinski definition) is 0. The van der Waals surface area contributed by atoms with Crippen LogP contribution in [0.5, 0.6) is 0 Å². The maximum Gasteiger partial charge on any atom is 0.0543 e. The van der Waals surface area contributed by atoms with Gasteiger partial charge in [-0.25, -0.2) is 0 Å². The average molecular weight is 845 g/mol. The van der Waals surface area contributed by atoms with Crippen LogP contribution in [0.25, 0.3) is 82.8 Å². The normalized spacial score (nSPS) is 14.0. The van der Waals surface area contributed by atoms with E-state index >= 15 is 0 Å². The fraction of sp³-hybridized carbons (Fsp3) is 0.0938. The maximum atomic E-state index is 2.49. The topological polar surface area (TPSA) is 8.17 Å². The Morgan fingerprint density at radius 3 is 1.53 bits per heavy atom. The summed E-state index contributed by atoms with van der Waals surface area (Å²) >= 11 is 0. The first-order chi connectivity index (χ1) is 32.3. The van der Waals surface area contributed by atoms with E-state index < -0.39 is 0 Å². The molecule has 0 aliphatic heterocycles. The van der Waals surface area contributed by atoms with Gasteiger partial charge in [-0.05, 0) is 115 Å². The number of para-hydroxylation sites is 2. The van der Waals surface area contributed by atoms with Crippen LogP contribution in [0.15, 0.2) is 218 Å². The molecule has 0 saturated carbocycles. The predicted molar refractivity (Wildman–Crippen MR) is 279 cm³/mol. The molecule has 0 atom stereocenters. The van der Waals surface area contributed by atoms with Crippen LogP contribution in [0.3, 0.4) is 0 Å². The van der Waals surface area contributed by atoms with E-state index in [9.17, 15) is 0 Å². The molecule has 0 saturated heterocycles. The highest BCUT2D eigenvalue weighted by Crippen LogP contribution is 2.55. The third kappa shape index (κ3) is 5.48. The number of fused-ring (bicyclic) bond motifs is 10. The van der Waals surface area contributed by atoms with E-state index in [1.807, 2.05) is 0 Å². The fourth-order valence-corrected chi connectivity index (χ4v) is 11.9. The van der Waals surface area contributed by atoms with Gasteiger partial charge in [-0.2, -0.15) is 0 Å². The molecule has 2 nitrogen and oxygen atoms in total. The first kappa shape index (κ1) is 38.5. The molecule has 0 fully saturated rings. The average Bonchev–Trinajstić information content (AvgIpc) is 3.91. The maximum absolute atomic E-state index is 2.49. The SMILES string of the molecule is CC1(C)c2ccccc2-c2c(-c3ccc(N(c4cccc(-c5ccc(-n6c7ccccc7c7ccccc76)c6ccccc56)c4)c4cccc5c4-c4ccccc4C5(C)C)cc3)cccc21. The summed E-state index contributed by atoms with van der Waals surface area (Å²) in [6.07, 6.45) is 0. The van der Waals surface area contributed by atoms with Gasteiger partial charge >= 0.3 is 0 Å². The summed E-state index contributed by atoms with van der Waals surface area (Å²) in [5.41, 5.74) is 22.5.